The molecule has 3 rings (SSSR count). The molecule has 0 aliphatic carbocycles. The number of aromatic nitrogens is 2. The maximum Gasteiger partial charge on any atom is 0.312 e. The summed E-state index contributed by atoms with van der Waals surface area (Å²) < 4.78 is 5.29. The molecule has 25 heavy (non-hydrogen) atoms. The van der Waals surface area contributed by atoms with Gasteiger partial charge in [0.05, 0.1) is 19.0 Å². The number of carbonyl (C=O) groups is 2. The second kappa shape index (κ2) is 7.33. The van der Waals surface area contributed by atoms with Crippen LogP contribution in [0.25, 0.3) is 0 Å². The van der Waals surface area contributed by atoms with E-state index in [9.17, 15) is 9.59 Å². The van der Waals surface area contributed by atoms with Crippen molar-refractivity contribution < 1.29 is 14.1 Å². The summed E-state index contributed by atoms with van der Waals surface area (Å²) >= 11 is 0. The molecule has 0 saturated carbocycles. The molecular formula is C17H21N5O3. The van der Waals surface area contributed by atoms with Crippen molar-refractivity contribution in [3.05, 3.63) is 47.1 Å². The van der Waals surface area contributed by atoms with Crippen LogP contribution in [0.15, 0.2) is 28.8 Å². The maximum absolute atomic E-state index is 11.7. The van der Waals surface area contributed by atoms with Gasteiger partial charge in [0.25, 0.3) is 0 Å². The molecule has 132 valence electrons. The van der Waals surface area contributed by atoms with E-state index >= 15 is 0 Å². The fraction of sp³-hybridized carbons (Fsp3) is 0.412. The Morgan fingerprint density at radius 2 is 2.24 bits per heavy atom. The third kappa shape index (κ3) is 4.14. The first kappa shape index (κ1) is 16.9. The van der Waals surface area contributed by atoms with Crippen molar-refractivity contribution in [1.82, 2.24) is 20.4 Å². The van der Waals surface area contributed by atoms with Gasteiger partial charge in [-0.1, -0.05) is 29.4 Å². The minimum absolute atomic E-state index is 0.111. The van der Waals surface area contributed by atoms with Crippen molar-refractivity contribution in [2.75, 3.05) is 6.54 Å². The molecule has 1 aromatic heterocycles. The highest BCUT2D eigenvalue weighted by Gasteiger charge is 2.23. The summed E-state index contributed by atoms with van der Waals surface area (Å²) in [7, 11) is 0. The number of urea groups is 1. The van der Waals surface area contributed by atoms with E-state index in [0.717, 1.165) is 24.1 Å². The molecule has 1 saturated heterocycles. The smallest absolute Gasteiger partial charge is 0.312 e. The average Bonchev–Trinajstić information content (AvgIpc) is 3.17. The molecule has 1 unspecified atom stereocenters. The van der Waals surface area contributed by atoms with E-state index in [0.29, 0.717) is 31.1 Å². The van der Waals surface area contributed by atoms with Crippen LogP contribution in [-0.4, -0.2) is 33.5 Å². The van der Waals surface area contributed by atoms with Gasteiger partial charge in [0.2, 0.25) is 11.8 Å². The molecule has 8 heteroatoms. The predicted octanol–water partition coefficient (Wildman–Crippen LogP) is 1.45. The van der Waals surface area contributed by atoms with Gasteiger partial charge in [-0.05, 0) is 24.5 Å². The molecule has 2 aromatic rings. The van der Waals surface area contributed by atoms with Gasteiger partial charge in [-0.2, -0.15) is 4.98 Å². The molecule has 2 heterocycles. The van der Waals surface area contributed by atoms with Crippen molar-refractivity contribution >= 4 is 11.9 Å². The lowest BCUT2D eigenvalue weighted by Gasteiger charge is -2.18. The lowest BCUT2D eigenvalue weighted by atomic mass is 9.99. The fourth-order valence-corrected chi connectivity index (χ4v) is 3.04. The van der Waals surface area contributed by atoms with Gasteiger partial charge in [0.1, 0.15) is 0 Å². The number of aryl methyl sites for hydroxylation is 1. The van der Waals surface area contributed by atoms with E-state index in [2.05, 4.69) is 15.5 Å². The highest BCUT2D eigenvalue weighted by molar-refractivity contribution is 5.77. The minimum Gasteiger partial charge on any atom is -0.352 e. The van der Waals surface area contributed by atoms with Gasteiger partial charge in [-0.25, -0.2) is 4.79 Å². The highest BCUT2D eigenvalue weighted by atomic mass is 16.5. The van der Waals surface area contributed by atoms with E-state index in [1.165, 1.54) is 0 Å². The van der Waals surface area contributed by atoms with Gasteiger partial charge in [0.15, 0.2) is 5.82 Å². The molecule has 1 aliphatic heterocycles. The van der Waals surface area contributed by atoms with Crippen LogP contribution in [0.4, 0.5) is 4.79 Å². The molecule has 1 fully saturated rings. The lowest BCUT2D eigenvalue weighted by Crippen LogP contribution is -2.34. The van der Waals surface area contributed by atoms with Crippen molar-refractivity contribution in [2.24, 2.45) is 5.73 Å². The molecule has 0 radical (unpaired) electrons. The Morgan fingerprint density at radius 1 is 1.44 bits per heavy atom. The lowest BCUT2D eigenvalue weighted by molar-refractivity contribution is -0.128. The maximum atomic E-state index is 11.7. The number of carbonyl (C=O) groups excluding carboxylic acids is 2. The van der Waals surface area contributed by atoms with E-state index in [-0.39, 0.29) is 11.9 Å². The van der Waals surface area contributed by atoms with E-state index in [1.54, 1.807) is 4.90 Å². The Bertz CT molecular complexity index is 773. The van der Waals surface area contributed by atoms with Crippen molar-refractivity contribution in [2.45, 2.75) is 38.8 Å². The third-order valence-electron chi connectivity index (χ3n) is 4.27. The van der Waals surface area contributed by atoms with Crippen LogP contribution in [0.5, 0.6) is 0 Å². The number of hydrogen-bond acceptors (Lipinski definition) is 5. The predicted molar refractivity (Wildman–Crippen MR) is 89.3 cm³/mol. The number of likely N-dealkylation sites (tertiary alicyclic amines) is 1. The number of nitrogens with zero attached hydrogens (tertiary/aromatic N) is 3. The van der Waals surface area contributed by atoms with Crippen LogP contribution >= 0.6 is 0 Å². The number of nitrogens with one attached hydrogen (secondary N) is 1. The van der Waals surface area contributed by atoms with Crippen molar-refractivity contribution in [3.63, 3.8) is 0 Å². The third-order valence-corrected chi connectivity index (χ3v) is 4.27. The van der Waals surface area contributed by atoms with Crippen LogP contribution in [0.2, 0.25) is 0 Å². The summed E-state index contributed by atoms with van der Waals surface area (Å²) in [5.74, 6) is 0.969. The quantitative estimate of drug-likeness (QED) is 0.824. The summed E-state index contributed by atoms with van der Waals surface area (Å²) in [6.45, 7) is 3.03. The van der Waals surface area contributed by atoms with Gasteiger partial charge in [-0.3, -0.25) is 4.79 Å². The minimum atomic E-state index is -0.615. The monoisotopic (exact) mass is 343 g/mol. The van der Waals surface area contributed by atoms with Gasteiger partial charge in [0, 0.05) is 13.0 Å². The van der Waals surface area contributed by atoms with Crippen LogP contribution in [0.1, 0.15) is 41.7 Å². The summed E-state index contributed by atoms with van der Waals surface area (Å²) in [5.41, 5.74) is 7.27. The molecule has 1 atom stereocenters. The summed E-state index contributed by atoms with van der Waals surface area (Å²) in [5, 5.41) is 6.66. The highest BCUT2D eigenvalue weighted by Crippen LogP contribution is 2.21. The van der Waals surface area contributed by atoms with E-state index in [4.69, 9.17) is 10.3 Å². The summed E-state index contributed by atoms with van der Waals surface area (Å²) in [6, 6.07) is 6.74. The zero-order valence-corrected chi connectivity index (χ0v) is 14.1. The molecule has 3 amide bonds. The van der Waals surface area contributed by atoms with Crippen LogP contribution < -0.4 is 11.1 Å². The standard InChI is InChI=1S/C17H21N5O3/c1-11-5-2-3-6-12(11)13(19-17(18)24)9-15-20-14(21-25-15)10-22-8-4-7-16(22)23/h2-3,5-6,13H,4,7-10H2,1H3,(H3,18,19,24). The number of hydrogen-bond donors (Lipinski definition) is 2. The Kier molecular flexibility index (Phi) is 4.97. The number of rotatable bonds is 6. The average molecular weight is 343 g/mol. The topological polar surface area (TPSA) is 114 Å². The van der Waals surface area contributed by atoms with E-state index in [1.807, 2.05) is 31.2 Å². The fourth-order valence-electron chi connectivity index (χ4n) is 3.04. The SMILES string of the molecule is Cc1ccccc1C(Cc1nc(CN2CCCC2=O)no1)NC(N)=O. The zero-order valence-electron chi connectivity index (χ0n) is 14.1. The summed E-state index contributed by atoms with van der Waals surface area (Å²) in [6.07, 6.45) is 1.76. The number of primary amides is 1. The van der Waals surface area contributed by atoms with Gasteiger partial charge in [-0.15, -0.1) is 0 Å². The first-order valence-electron chi connectivity index (χ1n) is 8.23. The van der Waals surface area contributed by atoms with Crippen molar-refractivity contribution in [3.8, 4) is 0 Å². The normalized spacial score (nSPS) is 15.4. The molecule has 3 N–H and O–H groups in total. The summed E-state index contributed by atoms with van der Waals surface area (Å²) in [4.78, 5) is 29.1. The van der Waals surface area contributed by atoms with Crippen LogP contribution in [-0.2, 0) is 17.8 Å². The van der Waals surface area contributed by atoms with Gasteiger partial charge < -0.3 is 20.5 Å². The zero-order chi connectivity index (χ0) is 17.8. The second-order valence-electron chi connectivity index (χ2n) is 6.15. The Morgan fingerprint density at radius 3 is 2.92 bits per heavy atom. The Balaban J connectivity index is 1.73. The molecule has 0 bridgehead atoms. The largest absolute Gasteiger partial charge is 0.352 e. The molecule has 1 aliphatic rings. The molecular weight excluding hydrogens is 322 g/mol. The van der Waals surface area contributed by atoms with Gasteiger partial charge >= 0.3 is 6.03 Å². The molecule has 1 aromatic carbocycles. The molecule has 0 spiro atoms. The van der Waals surface area contributed by atoms with Crippen molar-refractivity contribution in [1.29, 1.82) is 0 Å². The Hall–Kier alpha value is -2.90. The number of benzene rings is 1. The number of amides is 3. The van der Waals surface area contributed by atoms with E-state index < -0.39 is 6.03 Å². The van der Waals surface area contributed by atoms with Crippen LogP contribution in [0.3, 0.4) is 0 Å². The number of nitrogens with two attached hydrogens (primary N) is 1. The second-order valence-corrected chi connectivity index (χ2v) is 6.15. The first-order valence-corrected chi connectivity index (χ1v) is 8.23. The Labute approximate surface area is 145 Å². The first-order chi connectivity index (χ1) is 12.0. The molecule has 8 nitrogen and oxygen atoms in total. The van der Waals surface area contributed by atoms with Crippen LogP contribution in [0, 0.1) is 6.92 Å².